The molecule has 0 aromatic carbocycles. The zero-order chi connectivity index (χ0) is 46.5. The number of nitrogens with one attached hydrogen (secondary N) is 2. The minimum Gasteiger partial charge on any atom is -0.481 e. The molecule has 0 radical (unpaired) electrons. The monoisotopic (exact) mass is 893 g/mol. The summed E-state index contributed by atoms with van der Waals surface area (Å²) in [5.74, 6) is -3.41. The van der Waals surface area contributed by atoms with E-state index >= 15 is 0 Å². The summed E-state index contributed by atoms with van der Waals surface area (Å²) in [6.45, 7) is 8.09. The van der Waals surface area contributed by atoms with Crippen LogP contribution >= 0.6 is 0 Å². The van der Waals surface area contributed by atoms with Gasteiger partial charge in [0.15, 0.2) is 5.78 Å². The molecule has 62 heavy (non-hydrogen) atoms. The molecule has 0 aliphatic heterocycles. The van der Waals surface area contributed by atoms with Gasteiger partial charge in [-0.15, -0.1) is 0 Å². The number of hydrogen-bond acceptors (Lipinski definition) is 11. The second-order valence-electron chi connectivity index (χ2n) is 16.0. The lowest BCUT2D eigenvalue weighted by molar-refractivity contribution is -0.144. The number of unbranched alkanes of at least 4 members (excludes halogenated alkanes) is 14. The highest BCUT2D eigenvalue weighted by molar-refractivity contribution is 5.83. The van der Waals surface area contributed by atoms with Gasteiger partial charge in [0.1, 0.15) is 19.0 Å². The third kappa shape index (κ3) is 47.6. The molecule has 0 unspecified atom stereocenters. The number of ether oxygens (including phenoxy) is 4. The summed E-state index contributed by atoms with van der Waals surface area (Å²) in [6.07, 6.45) is 21.7. The van der Waals surface area contributed by atoms with E-state index in [1.807, 2.05) is 6.92 Å². The van der Waals surface area contributed by atoms with Gasteiger partial charge in [0.2, 0.25) is 11.8 Å². The zero-order valence-electron chi connectivity index (χ0n) is 38.5. The molecule has 2 amide bonds. The van der Waals surface area contributed by atoms with E-state index in [2.05, 4.69) is 10.6 Å². The first-order valence-corrected chi connectivity index (χ1v) is 23.3. The molecule has 0 heterocycles. The van der Waals surface area contributed by atoms with Crippen molar-refractivity contribution in [3.05, 3.63) is 0 Å². The summed E-state index contributed by atoms with van der Waals surface area (Å²) < 4.78 is 21.1. The summed E-state index contributed by atoms with van der Waals surface area (Å²) >= 11 is 0. The van der Waals surface area contributed by atoms with E-state index < -0.39 is 23.8 Å². The number of carboxylic acids is 3. The van der Waals surface area contributed by atoms with Crippen LogP contribution in [-0.2, 0) is 52.5 Å². The second kappa shape index (κ2) is 45.6. The number of hydrogen-bond donors (Lipinski definition) is 5. The molecule has 0 bridgehead atoms. The molecule has 0 aliphatic rings. The average Bonchev–Trinajstić information content (AvgIpc) is 3.22. The van der Waals surface area contributed by atoms with Crippen molar-refractivity contribution in [2.45, 2.75) is 175 Å². The minimum atomic E-state index is -0.837. The van der Waals surface area contributed by atoms with E-state index in [9.17, 15) is 33.6 Å². The van der Waals surface area contributed by atoms with Crippen molar-refractivity contribution >= 4 is 41.3 Å². The highest BCUT2D eigenvalue weighted by atomic mass is 16.5. The van der Waals surface area contributed by atoms with Crippen LogP contribution in [0.3, 0.4) is 0 Å². The van der Waals surface area contributed by atoms with Crippen molar-refractivity contribution in [1.29, 1.82) is 0 Å². The third-order valence-electron chi connectivity index (χ3n) is 9.97. The number of carbonyl (C=O) groups is 7. The predicted octanol–water partition coefficient (Wildman–Crippen LogP) is 7.81. The maximum Gasteiger partial charge on any atom is 0.306 e. The first-order valence-electron chi connectivity index (χ1n) is 23.3. The fraction of sp³-hybridized carbons (Fsp3) is 0.848. The van der Waals surface area contributed by atoms with Gasteiger partial charge >= 0.3 is 17.9 Å². The number of aliphatic carboxylic acids is 3. The number of ketones is 2. The molecule has 0 aliphatic carbocycles. The van der Waals surface area contributed by atoms with Crippen LogP contribution < -0.4 is 10.6 Å². The summed E-state index contributed by atoms with van der Waals surface area (Å²) in [6, 6.07) is 0. The van der Waals surface area contributed by atoms with Gasteiger partial charge in [-0.3, -0.25) is 33.6 Å². The topological polar surface area (TPSA) is 241 Å². The summed E-state index contributed by atoms with van der Waals surface area (Å²) in [5, 5.41) is 31.8. The van der Waals surface area contributed by atoms with Crippen molar-refractivity contribution < 1.29 is 70.7 Å². The maximum absolute atomic E-state index is 11.9. The minimum absolute atomic E-state index is 0. The van der Waals surface area contributed by atoms with Crippen molar-refractivity contribution in [3.63, 3.8) is 0 Å². The molecule has 0 aromatic heterocycles. The van der Waals surface area contributed by atoms with Crippen molar-refractivity contribution in [2.75, 3.05) is 65.9 Å². The molecule has 5 N–H and O–H groups in total. The molecular formula is C46H88N2O14. The lowest BCUT2D eigenvalue weighted by Crippen LogP contribution is -2.29. The van der Waals surface area contributed by atoms with Gasteiger partial charge in [0.25, 0.3) is 0 Å². The highest BCUT2D eigenvalue weighted by Crippen LogP contribution is 2.17. The number of rotatable bonds is 45. The lowest BCUT2D eigenvalue weighted by atomic mass is 9.95. The molecule has 0 spiro atoms. The van der Waals surface area contributed by atoms with E-state index in [1.54, 1.807) is 6.92 Å². The molecule has 16 heteroatoms. The fourth-order valence-electron chi connectivity index (χ4n) is 6.27. The molecule has 0 saturated heterocycles. The van der Waals surface area contributed by atoms with Crippen molar-refractivity contribution in [3.8, 4) is 0 Å². The summed E-state index contributed by atoms with van der Waals surface area (Å²) in [4.78, 5) is 78.1. The Morgan fingerprint density at radius 1 is 0.500 bits per heavy atom. The molecule has 0 aromatic rings. The Kier molecular flexibility index (Phi) is 44.5. The first-order chi connectivity index (χ1) is 29.8. The largest absolute Gasteiger partial charge is 0.481 e. The lowest BCUT2D eigenvalue weighted by Gasteiger charge is -2.09. The van der Waals surface area contributed by atoms with Crippen LogP contribution in [-0.4, -0.2) is 123 Å². The predicted molar refractivity (Wildman–Crippen MR) is 241 cm³/mol. The zero-order valence-corrected chi connectivity index (χ0v) is 38.5. The van der Waals surface area contributed by atoms with Gasteiger partial charge in [-0.2, -0.15) is 0 Å². The van der Waals surface area contributed by atoms with Gasteiger partial charge in [-0.25, -0.2) is 0 Å². The number of amides is 2. The van der Waals surface area contributed by atoms with Gasteiger partial charge in [0, 0.05) is 55.2 Å². The smallest absolute Gasteiger partial charge is 0.306 e. The van der Waals surface area contributed by atoms with Crippen LogP contribution in [0.1, 0.15) is 178 Å². The maximum atomic E-state index is 11.9. The van der Waals surface area contributed by atoms with Crippen LogP contribution in [0.25, 0.3) is 0 Å². The standard InChI is InChI=1S/C24H44O5.C22H40N2O9.2H2/c1-2-17-21(24(28)29)20-22(25)18-15-13-11-9-7-5-3-4-6-8-10-12-14-16-19-23(26)27;1-18(22(28)29)6-3-4-8-24-21(27)17-33-15-12-30-10-5-7-20(26)16-32-14-13-31-11-9-23-19(2)25;;/h21H,2-20H2,1H3,(H,26,27)(H,28,29);18H,3-17H2,1-2H3,(H,23,25)(H,24,27)(H,28,29);2*1H/t21-;18-;;/m10../s1. The Morgan fingerprint density at radius 2 is 1.00 bits per heavy atom. The molecule has 366 valence electrons. The van der Waals surface area contributed by atoms with Crippen LogP contribution in [0.15, 0.2) is 0 Å². The number of carbonyl (C=O) groups excluding carboxylic acids is 4. The van der Waals surface area contributed by atoms with E-state index in [4.69, 9.17) is 34.3 Å². The molecule has 0 fully saturated rings. The van der Waals surface area contributed by atoms with E-state index in [0.717, 1.165) is 51.4 Å². The van der Waals surface area contributed by atoms with Crippen LogP contribution in [0.4, 0.5) is 0 Å². The van der Waals surface area contributed by atoms with E-state index in [1.165, 1.54) is 64.7 Å². The van der Waals surface area contributed by atoms with E-state index in [-0.39, 0.29) is 58.4 Å². The van der Waals surface area contributed by atoms with Crippen molar-refractivity contribution in [2.24, 2.45) is 11.8 Å². The molecule has 16 nitrogen and oxygen atoms in total. The Labute approximate surface area is 374 Å². The number of Topliss-reactive ketones (excluding diaryl/α,β-unsaturated/α-hetero) is 2. The Balaban J connectivity index is -0.000000550. The Hall–Kier alpha value is -3.47. The van der Waals surface area contributed by atoms with Gasteiger partial charge in [-0.1, -0.05) is 104 Å². The summed E-state index contributed by atoms with van der Waals surface area (Å²) in [7, 11) is 0. The molecular weight excluding hydrogens is 805 g/mol. The Bertz CT molecular complexity index is 1180. The van der Waals surface area contributed by atoms with E-state index in [0.29, 0.717) is 84.6 Å². The number of carboxylic acid groups (broad SMARTS) is 3. The first kappa shape index (κ1) is 60.6. The van der Waals surface area contributed by atoms with Crippen LogP contribution in [0.2, 0.25) is 0 Å². The quantitative estimate of drug-likeness (QED) is 0.0367. The highest BCUT2D eigenvalue weighted by Gasteiger charge is 2.19. The van der Waals surface area contributed by atoms with Gasteiger partial charge in [0.05, 0.1) is 44.9 Å². The third-order valence-corrected chi connectivity index (χ3v) is 9.97. The fourth-order valence-corrected chi connectivity index (χ4v) is 6.27. The van der Waals surface area contributed by atoms with Gasteiger partial charge < -0.3 is 44.9 Å². The average molecular weight is 893 g/mol. The molecule has 2 atom stereocenters. The SMILES string of the molecule is CC(=O)NCCOCCOCC(=O)CCCOCCOCC(=O)NCCCC[C@H](C)C(=O)O.CCC[C@H](CC(=O)CCCCCCCCCCCCCCCCC(=O)O)C(=O)O.[HH].[HH]. The van der Waals surface area contributed by atoms with Crippen LogP contribution in [0.5, 0.6) is 0 Å². The second-order valence-corrected chi connectivity index (χ2v) is 16.0. The molecule has 0 rings (SSSR count). The Morgan fingerprint density at radius 3 is 1.52 bits per heavy atom. The van der Waals surface area contributed by atoms with Crippen LogP contribution in [0, 0.1) is 11.8 Å². The normalized spacial score (nSPS) is 11.9. The summed E-state index contributed by atoms with van der Waals surface area (Å²) in [5.41, 5.74) is 0. The van der Waals surface area contributed by atoms with Gasteiger partial charge in [-0.05, 0) is 38.5 Å². The van der Waals surface area contributed by atoms with Crippen molar-refractivity contribution in [1.82, 2.24) is 10.6 Å². The molecule has 0 saturated carbocycles.